The summed E-state index contributed by atoms with van der Waals surface area (Å²) in [5.41, 5.74) is 2.38. The third kappa shape index (κ3) is 4.67. The minimum Gasteiger partial charge on any atom is -0.295 e. The Morgan fingerprint density at radius 2 is 0.882 bits per heavy atom. The molecule has 172 valence electrons. The summed E-state index contributed by atoms with van der Waals surface area (Å²) >= 11 is 0. The van der Waals surface area contributed by atoms with Crippen LogP contribution in [0.5, 0.6) is 0 Å². The van der Waals surface area contributed by atoms with Crippen molar-refractivity contribution >= 4 is 33.1 Å². The molecule has 4 rings (SSSR count). The minimum absolute atomic E-state index is 0.0545. The van der Waals surface area contributed by atoms with Gasteiger partial charge in [-0.3, -0.25) is 9.59 Å². The predicted octanol–water partition coefficient (Wildman–Crippen LogP) is 8.02. The molecule has 0 N–H and O–H groups in total. The molecule has 0 bridgehead atoms. The van der Waals surface area contributed by atoms with Gasteiger partial charge in [-0.15, -0.1) is 0 Å². The maximum Gasteiger partial charge on any atom is 0.159 e. The smallest absolute Gasteiger partial charge is 0.159 e. The zero-order chi connectivity index (χ0) is 24.7. The van der Waals surface area contributed by atoms with Gasteiger partial charge in [-0.2, -0.15) is 10.2 Å². The van der Waals surface area contributed by atoms with E-state index in [0.29, 0.717) is 11.1 Å². The third-order valence-corrected chi connectivity index (χ3v) is 6.46. The van der Waals surface area contributed by atoms with E-state index in [1.807, 2.05) is 64.1 Å². The Balaban J connectivity index is 1.67. The van der Waals surface area contributed by atoms with Crippen molar-refractivity contribution in [1.29, 1.82) is 0 Å². The van der Waals surface area contributed by atoms with Gasteiger partial charge in [0.2, 0.25) is 0 Å². The molecule has 0 saturated carbocycles. The van der Waals surface area contributed by atoms with Crippen LogP contribution in [0, 0.1) is 0 Å². The number of fused-ring (bicyclic) bond motifs is 2. The standard InChI is InChI=1S/C30H30N2O2/c1-19(33)23-9-7-21-11-13-27(17-25(21)15-23)29(3,4)31-32-30(5,6)28-14-12-22-8-10-24(20(2)34)16-26(22)18-28/h7-18H,1-6H3. The van der Waals surface area contributed by atoms with Crippen LogP contribution in [0.4, 0.5) is 0 Å². The summed E-state index contributed by atoms with van der Waals surface area (Å²) in [7, 11) is 0. The summed E-state index contributed by atoms with van der Waals surface area (Å²) in [6.07, 6.45) is 0. The van der Waals surface area contributed by atoms with Crippen molar-refractivity contribution in [3.05, 3.63) is 95.1 Å². The van der Waals surface area contributed by atoms with Gasteiger partial charge < -0.3 is 0 Å². The van der Waals surface area contributed by atoms with Crippen LogP contribution in [0.25, 0.3) is 21.5 Å². The monoisotopic (exact) mass is 450 g/mol. The van der Waals surface area contributed by atoms with Gasteiger partial charge in [-0.1, -0.05) is 48.5 Å². The summed E-state index contributed by atoms with van der Waals surface area (Å²) in [5.74, 6) is 0.109. The molecule has 0 aromatic heterocycles. The molecule has 0 aliphatic heterocycles. The summed E-state index contributed by atoms with van der Waals surface area (Å²) in [5, 5.41) is 13.7. The summed E-state index contributed by atoms with van der Waals surface area (Å²) in [6.45, 7) is 11.3. The number of nitrogens with zero attached hydrogens (tertiary/aromatic N) is 2. The summed E-state index contributed by atoms with van der Waals surface area (Å²) < 4.78 is 0. The van der Waals surface area contributed by atoms with Crippen molar-refractivity contribution in [3.63, 3.8) is 0 Å². The topological polar surface area (TPSA) is 58.9 Å². The Morgan fingerprint density at radius 3 is 1.24 bits per heavy atom. The van der Waals surface area contributed by atoms with Crippen LogP contribution >= 0.6 is 0 Å². The average Bonchev–Trinajstić information content (AvgIpc) is 2.81. The van der Waals surface area contributed by atoms with Crippen molar-refractivity contribution in [2.45, 2.75) is 52.6 Å². The van der Waals surface area contributed by atoms with E-state index in [1.165, 1.54) is 0 Å². The van der Waals surface area contributed by atoms with E-state index in [0.717, 1.165) is 32.7 Å². The Bertz CT molecular complexity index is 1350. The molecule has 4 heteroatoms. The molecule has 0 heterocycles. The molecule has 0 atom stereocenters. The van der Waals surface area contributed by atoms with Gasteiger partial charge in [0.05, 0.1) is 0 Å². The molecule has 4 aromatic rings. The SMILES string of the molecule is CC(=O)c1ccc2ccc(C(C)(C)N=NC(C)(C)c3ccc4ccc(C(C)=O)cc4c3)cc2c1. The molecule has 0 radical (unpaired) electrons. The van der Waals surface area contributed by atoms with Crippen molar-refractivity contribution < 1.29 is 9.59 Å². The first-order chi connectivity index (χ1) is 16.0. The van der Waals surface area contributed by atoms with Crippen molar-refractivity contribution in [2.75, 3.05) is 0 Å². The molecule has 0 amide bonds. The van der Waals surface area contributed by atoms with Gasteiger partial charge in [0.15, 0.2) is 11.6 Å². The molecule has 4 aromatic carbocycles. The number of carbonyl (C=O) groups is 2. The fourth-order valence-corrected chi connectivity index (χ4v) is 4.06. The summed E-state index contributed by atoms with van der Waals surface area (Å²) in [6, 6.07) is 24.0. The highest BCUT2D eigenvalue weighted by atomic mass is 16.1. The maximum absolute atomic E-state index is 11.8. The van der Waals surface area contributed by atoms with E-state index in [9.17, 15) is 9.59 Å². The number of ketones is 2. The van der Waals surface area contributed by atoms with Gasteiger partial charge in [-0.25, -0.2) is 0 Å². The lowest BCUT2D eigenvalue weighted by Crippen LogP contribution is -2.18. The molecule has 0 unspecified atom stereocenters. The fraction of sp³-hybridized carbons (Fsp3) is 0.267. The second-order valence-electron chi connectivity index (χ2n) is 9.98. The molecule has 0 saturated heterocycles. The van der Waals surface area contributed by atoms with E-state index in [1.54, 1.807) is 13.8 Å². The number of hydrogen-bond donors (Lipinski definition) is 0. The van der Waals surface area contributed by atoms with Gasteiger partial charge in [0.1, 0.15) is 11.1 Å². The first-order valence-corrected chi connectivity index (χ1v) is 11.5. The quantitative estimate of drug-likeness (QED) is 0.220. The van der Waals surface area contributed by atoms with Crippen LogP contribution in [-0.4, -0.2) is 11.6 Å². The van der Waals surface area contributed by atoms with E-state index in [4.69, 9.17) is 10.2 Å². The molecule has 4 nitrogen and oxygen atoms in total. The van der Waals surface area contributed by atoms with Crippen molar-refractivity contribution in [3.8, 4) is 0 Å². The van der Waals surface area contributed by atoms with E-state index < -0.39 is 11.1 Å². The van der Waals surface area contributed by atoms with Crippen LogP contribution in [-0.2, 0) is 11.1 Å². The highest BCUT2D eigenvalue weighted by Crippen LogP contribution is 2.33. The van der Waals surface area contributed by atoms with Crippen LogP contribution in [0.1, 0.15) is 73.4 Å². The van der Waals surface area contributed by atoms with Crippen molar-refractivity contribution in [2.24, 2.45) is 10.2 Å². The van der Waals surface area contributed by atoms with Crippen LogP contribution < -0.4 is 0 Å². The van der Waals surface area contributed by atoms with Crippen LogP contribution in [0.15, 0.2) is 83.0 Å². The Kier molecular flexibility index (Phi) is 5.94. The van der Waals surface area contributed by atoms with Gasteiger partial charge in [-0.05, 0) is 98.5 Å². The van der Waals surface area contributed by atoms with Gasteiger partial charge in [0, 0.05) is 11.1 Å². The Morgan fingerprint density at radius 1 is 0.529 bits per heavy atom. The lowest BCUT2D eigenvalue weighted by molar-refractivity contribution is 0.100. The third-order valence-electron chi connectivity index (χ3n) is 6.46. The Labute approximate surface area is 200 Å². The first-order valence-electron chi connectivity index (χ1n) is 11.5. The lowest BCUT2D eigenvalue weighted by Gasteiger charge is -2.24. The molecule has 0 fully saturated rings. The average molecular weight is 451 g/mol. The molecular formula is C30H30N2O2. The molecule has 0 aliphatic carbocycles. The highest BCUT2D eigenvalue weighted by Gasteiger charge is 2.25. The normalized spacial score (nSPS) is 12.5. The Hall–Kier alpha value is -3.66. The van der Waals surface area contributed by atoms with E-state index in [2.05, 4.69) is 36.4 Å². The number of rotatable bonds is 6. The highest BCUT2D eigenvalue weighted by molar-refractivity contribution is 5.99. The van der Waals surface area contributed by atoms with Gasteiger partial charge >= 0.3 is 0 Å². The fourth-order valence-electron chi connectivity index (χ4n) is 4.06. The zero-order valence-electron chi connectivity index (χ0n) is 20.6. The molecule has 0 aliphatic rings. The van der Waals surface area contributed by atoms with Crippen LogP contribution in [0.2, 0.25) is 0 Å². The number of Topliss-reactive ketones (excluding diaryl/α,β-unsaturated/α-hetero) is 2. The number of azo groups is 1. The second kappa shape index (κ2) is 8.60. The molecule has 34 heavy (non-hydrogen) atoms. The second-order valence-corrected chi connectivity index (χ2v) is 9.98. The summed E-state index contributed by atoms with van der Waals surface area (Å²) in [4.78, 5) is 23.6. The zero-order valence-corrected chi connectivity index (χ0v) is 20.6. The lowest BCUT2D eigenvalue weighted by atomic mass is 9.91. The molecule has 0 spiro atoms. The minimum atomic E-state index is -0.545. The predicted molar refractivity (Wildman–Crippen MR) is 139 cm³/mol. The van der Waals surface area contributed by atoms with E-state index >= 15 is 0 Å². The largest absolute Gasteiger partial charge is 0.295 e. The number of carbonyl (C=O) groups excluding carboxylic acids is 2. The number of hydrogen-bond acceptors (Lipinski definition) is 4. The maximum atomic E-state index is 11.8. The number of benzene rings is 4. The first kappa shape index (κ1) is 23.5. The van der Waals surface area contributed by atoms with Gasteiger partial charge in [0.25, 0.3) is 0 Å². The molecular weight excluding hydrogens is 420 g/mol. The van der Waals surface area contributed by atoms with Crippen molar-refractivity contribution in [1.82, 2.24) is 0 Å². The van der Waals surface area contributed by atoms with E-state index in [-0.39, 0.29) is 11.6 Å². The van der Waals surface area contributed by atoms with Crippen LogP contribution in [0.3, 0.4) is 0 Å².